The van der Waals surface area contributed by atoms with Crippen LogP contribution in [0.4, 0.5) is 10.8 Å². The average Bonchev–Trinajstić information content (AvgIpc) is 3.24. The molecule has 1 aliphatic heterocycles. The van der Waals surface area contributed by atoms with Crippen LogP contribution in [0.15, 0.2) is 35.7 Å². The number of thiazole rings is 1. The van der Waals surface area contributed by atoms with E-state index in [2.05, 4.69) is 22.2 Å². The molecule has 0 bridgehead atoms. The molecule has 1 N–H and O–H groups in total. The van der Waals surface area contributed by atoms with Crippen molar-refractivity contribution in [3.05, 3.63) is 40.6 Å². The van der Waals surface area contributed by atoms with Crippen LogP contribution in [0.25, 0.3) is 10.2 Å². The molecule has 0 atom stereocenters. The Kier molecular flexibility index (Phi) is 4.22. The molecule has 1 aliphatic rings. The fraction of sp³-hybridized carbons (Fsp3) is 0.294. The molecule has 1 saturated heterocycles. The number of rotatable bonds is 3. The lowest BCUT2D eigenvalue weighted by Gasteiger charge is -2.31. The van der Waals surface area contributed by atoms with E-state index in [1.54, 1.807) is 11.3 Å². The lowest BCUT2D eigenvalue weighted by Crippen LogP contribution is -2.44. The van der Waals surface area contributed by atoms with Crippen molar-refractivity contribution >= 4 is 49.6 Å². The number of aromatic nitrogens is 1. The number of carbonyl (C=O) groups excluding carboxylic acids is 1. The summed E-state index contributed by atoms with van der Waals surface area (Å²) < 4.78 is 1.10. The van der Waals surface area contributed by atoms with Crippen molar-refractivity contribution in [2.75, 3.05) is 43.4 Å². The Bertz CT molecular complexity index is 851. The Morgan fingerprint density at radius 3 is 2.79 bits per heavy atom. The lowest BCUT2D eigenvalue weighted by atomic mass is 10.3. The van der Waals surface area contributed by atoms with E-state index in [9.17, 15) is 4.79 Å². The minimum atomic E-state index is -0.0619. The number of carbonyl (C=O) groups is 1. The number of piperazine rings is 1. The van der Waals surface area contributed by atoms with Crippen LogP contribution in [0.2, 0.25) is 0 Å². The molecule has 2 aromatic heterocycles. The van der Waals surface area contributed by atoms with Crippen LogP contribution < -0.4 is 10.2 Å². The van der Waals surface area contributed by atoms with E-state index < -0.39 is 0 Å². The summed E-state index contributed by atoms with van der Waals surface area (Å²) in [5.74, 6) is -0.0619. The van der Waals surface area contributed by atoms with Gasteiger partial charge in [-0.3, -0.25) is 4.79 Å². The number of nitrogens with one attached hydrogen (secondary N) is 1. The SMILES string of the molecule is CN1CCN(c2nc3ccc(NC(=O)c4cccs4)cc3s2)CC1. The molecule has 0 unspecified atom stereocenters. The fourth-order valence-electron chi connectivity index (χ4n) is 2.72. The summed E-state index contributed by atoms with van der Waals surface area (Å²) in [6.07, 6.45) is 0. The van der Waals surface area contributed by atoms with E-state index in [4.69, 9.17) is 4.98 Å². The number of hydrogen-bond acceptors (Lipinski definition) is 6. The summed E-state index contributed by atoms with van der Waals surface area (Å²) in [7, 11) is 2.15. The van der Waals surface area contributed by atoms with E-state index in [0.29, 0.717) is 0 Å². The normalized spacial score (nSPS) is 15.8. The number of likely N-dealkylation sites (N-methyl/N-ethyl adjacent to an activating group) is 1. The molecule has 3 aromatic rings. The van der Waals surface area contributed by atoms with Crippen LogP contribution >= 0.6 is 22.7 Å². The largest absolute Gasteiger partial charge is 0.345 e. The van der Waals surface area contributed by atoms with Gasteiger partial charge in [-0.05, 0) is 36.7 Å². The molecule has 24 heavy (non-hydrogen) atoms. The number of benzene rings is 1. The topological polar surface area (TPSA) is 48.5 Å². The van der Waals surface area contributed by atoms with E-state index in [0.717, 1.165) is 52.1 Å². The third-order valence-electron chi connectivity index (χ3n) is 4.15. The van der Waals surface area contributed by atoms with E-state index in [1.807, 2.05) is 35.7 Å². The van der Waals surface area contributed by atoms with Gasteiger partial charge in [0.25, 0.3) is 5.91 Å². The highest BCUT2D eigenvalue weighted by Crippen LogP contribution is 2.31. The molecule has 0 saturated carbocycles. The quantitative estimate of drug-likeness (QED) is 0.780. The molecule has 0 radical (unpaired) electrons. The second kappa shape index (κ2) is 6.51. The minimum Gasteiger partial charge on any atom is -0.345 e. The first-order valence-corrected chi connectivity index (χ1v) is 9.57. The molecule has 3 heterocycles. The molecular weight excluding hydrogens is 340 g/mol. The molecule has 0 aliphatic carbocycles. The molecule has 1 aromatic carbocycles. The van der Waals surface area contributed by atoms with E-state index in [1.165, 1.54) is 11.3 Å². The predicted molar refractivity (Wildman–Crippen MR) is 102 cm³/mol. The zero-order valence-electron chi connectivity index (χ0n) is 13.4. The summed E-state index contributed by atoms with van der Waals surface area (Å²) in [6, 6.07) is 9.62. The van der Waals surface area contributed by atoms with Gasteiger partial charge in [0.15, 0.2) is 5.13 Å². The number of nitrogens with zero attached hydrogens (tertiary/aromatic N) is 3. The average molecular weight is 358 g/mol. The van der Waals surface area contributed by atoms with Crippen molar-refractivity contribution in [2.45, 2.75) is 0 Å². The van der Waals surface area contributed by atoms with Crippen LogP contribution in [-0.4, -0.2) is 49.0 Å². The highest BCUT2D eigenvalue weighted by atomic mass is 32.1. The summed E-state index contributed by atoms with van der Waals surface area (Å²) in [5.41, 5.74) is 1.80. The van der Waals surface area contributed by atoms with Gasteiger partial charge in [-0.2, -0.15) is 0 Å². The van der Waals surface area contributed by atoms with Gasteiger partial charge >= 0.3 is 0 Å². The minimum absolute atomic E-state index is 0.0619. The maximum absolute atomic E-state index is 12.2. The second-order valence-corrected chi connectivity index (χ2v) is 7.86. The molecule has 1 amide bonds. The summed E-state index contributed by atoms with van der Waals surface area (Å²) in [6.45, 7) is 4.16. The van der Waals surface area contributed by atoms with Crippen molar-refractivity contribution in [2.24, 2.45) is 0 Å². The van der Waals surface area contributed by atoms with Crippen molar-refractivity contribution < 1.29 is 4.79 Å². The third-order valence-corrected chi connectivity index (χ3v) is 6.10. The number of fused-ring (bicyclic) bond motifs is 1. The number of anilines is 2. The van der Waals surface area contributed by atoms with Gasteiger partial charge in [-0.15, -0.1) is 11.3 Å². The first-order chi connectivity index (χ1) is 11.7. The second-order valence-electron chi connectivity index (χ2n) is 5.90. The van der Waals surface area contributed by atoms with Crippen molar-refractivity contribution in [3.8, 4) is 0 Å². The highest BCUT2D eigenvalue weighted by molar-refractivity contribution is 7.22. The Balaban J connectivity index is 1.54. The van der Waals surface area contributed by atoms with Crippen LogP contribution in [0.5, 0.6) is 0 Å². The molecule has 5 nitrogen and oxygen atoms in total. The van der Waals surface area contributed by atoms with Crippen LogP contribution in [0.1, 0.15) is 9.67 Å². The Labute approximate surface area is 148 Å². The monoisotopic (exact) mass is 358 g/mol. The predicted octanol–water partition coefficient (Wildman–Crippen LogP) is 3.36. The summed E-state index contributed by atoms with van der Waals surface area (Å²) in [5, 5.41) is 5.94. The fourth-order valence-corrected chi connectivity index (χ4v) is 4.40. The zero-order valence-corrected chi connectivity index (χ0v) is 15.0. The van der Waals surface area contributed by atoms with Crippen LogP contribution in [0.3, 0.4) is 0 Å². The first-order valence-electron chi connectivity index (χ1n) is 7.88. The van der Waals surface area contributed by atoms with Gasteiger partial charge in [0.05, 0.1) is 15.1 Å². The smallest absolute Gasteiger partial charge is 0.265 e. The van der Waals surface area contributed by atoms with Crippen LogP contribution in [0, 0.1) is 0 Å². The maximum Gasteiger partial charge on any atom is 0.265 e. The van der Waals surface area contributed by atoms with Gasteiger partial charge in [0.2, 0.25) is 0 Å². The van der Waals surface area contributed by atoms with Crippen molar-refractivity contribution in [1.29, 1.82) is 0 Å². The first kappa shape index (κ1) is 15.6. The van der Waals surface area contributed by atoms with Gasteiger partial charge in [-0.1, -0.05) is 17.4 Å². The van der Waals surface area contributed by atoms with E-state index >= 15 is 0 Å². The lowest BCUT2D eigenvalue weighted by molar-refractivity contribution is 0.103. The Hall–Kier alpha value is -1.96. The molecule has 4 rings (SSSR count). The van der Waals surface area contributed by atoms with Gasteiger partial charge in [0, 0.05) is 31.9 Å². The van der Waals surface area contributed by atoms with Gasteiger partial charge in [-0.25, -0.2) is 4.98 Å². The molecule has 124 valence electrons. The Morgan fingerprint density at radius 2 is 2.04 bits per heavy atom. The molecule has 0 spiro atoms. The van der Waals surface area contributed by atoms with Gasteiger partial charge < -0.3 is 15.1 Å². The third kappa shape index (κ3) is 3.15. The number of amides is 1. The maximum atomic E-state index is 12.2. The molecular formula is C17H18N4OS2. The Morgan fingerprint density at radius 1 is 1.21 bits per heavy atom. The number of hydrogen-bond donors (Lipinski definition) is 1. The van der Waals surface area contributed by atoms with Gasteiger partial charge in [0.1, 0.15) is 0 Å². The van der Waals surface area contributed by atoms with Crippen molar-refractivity contribution in [1.82, 2.24) is 9.88 Å². The highest BCUT2D eigenvalue weighted by Gasteiger charge is 2.18. The molecule has 1 fully saturated rings. The summed E-state index contributed by atoms with van der Waals surface area (Å²) >= 11 is 3.14. The number of thiophene rings is 1. The molecule has 7 heteroatoms. The standard InChI is InChI=1S/C17H18N4OS2/c1-20-6-8-21(9-7-20)17-19-13-5-4-12(11-15(13)24-17)18-16(22)14-3-2-10-23-14/h2-5,10-11H,6-9H2,1H3,(H,18,22). The van der Waals surface area contributed by atoms with Crippen LogP contribution in [-0.2, 0) is 0 Å². The van der Waals surface area contributed by atoms with Crippen molar-refractivity contribution in [3.63, 3.8) is 0 Å². The van der Waals surface area contributed by atoms with E-state index in [-0.39, 0.29) is 5.91 Å². The zero-order chi connectivity index (χ0) is 16.5. The summed E-state index contributed by atoms with van der Waals surface area (Å²) in [4.78, 5) is 22.3.